The minimum absolute atomic E-state index is 0.250. The molecule has 0 atom stereocenters. The lowest BCUT2D eigenvalue weighted by Crippen LogP contribution is -2.12. The molecule has 7 heteroatoms. The molecule has 3 rings (SSSR count). The van der Waals surface area contributed by atoms with E-state index in [1.807, 2.05) is 24.3 Å². The molecular formula is C16H12BrClN4O. The van der Waals surface area contributed by atoms with E-state index < -0.39 is 0 Å². The van der Waals surface area contributed by atoms with Gasteiger partial charge in [0, 0.05) is 10.2 Å². The number of benzene rings is 2. The van der Waals surface area contributed by atoms with E-state index in [1.165, 1.54) is 6.33 Å². The number of anilines is 1. The Morgan fingerprint density at radius 1 is 1.22 bits per heavy atom. The Bertz CT molecular complexity index is 819. The van der Waals surface area contributed by atoms with Crippen molar-refractivity contribution >= 4 is 39.1 Å². The van der Waals surface area contributed by atoms with Crippen LogP contribution in [0.2, 0.25) is 5.02 Å². The fraction of sp³-hybridized carbons (Fsp3) is 0.0625. The molecule has 0 unspecified atom stereocenters. The van der Waals surface area contributed by atoms with E-state index in [1.54, 1.807) is 29.2 Å². The first kappa shape index (κ1) is 15.7. The Morgan fingerprint density at radius 3 is 2.70 bits per heavy atom. The predicted octanol–water partition coefficient (Wildman–Crippen LogP) is 3.99. The second-order valence-electron chi connectivity index (χ2n) is 4.87. The van der Waals surface area contributed by atoms with Gasteiger partial charge in [-0.2, -0.15) is 5.10 Å². The average Bonchev–Trinajstić information content (AvgIpc) is 3.04. The summed E-state index contributed by atoms with van der Waals surface area (Å²) in [5.74, 6) is -0.250. The Kier molecular flexibility index (Phi) is 4.73. The van der Waals surface area contributed by atoms with Crippen molar-refractivity contribution in [3.8, 4) is 0 Å². The lowest BCUT2D eigenvalue weighted by Gasteiger charge is -2.08. The maximum Gasteiger partial charge on any atom is 0.257 e. The molecule has 0 radical (unpaired) electrons. The smallest absolute Gasteiger partial charge is 0.257 e. The summed E-state index contributed by atoms with van der Waals surface area (Å²) in [5, 5.41) is 7.30. The molecule has 23 heavy (non-hydrogen) atoms. The number of hydrogen-bond acceptors (Lipinski definition) is 3. The van der Waals surface area contributed by atoms with Crippen LogP contribution in [-0.4, -0.2) is 20.7 Å². The lowest BCUT2D eigenvalue weighted by atomic mass is 10.2. The number of nitrogens with zero attached hydrogens (tertiary/aromatic N) is 3. The van der Waals surface area contributed by atoms with E-state index >= 15 is 0 Å². The van der Waals surface area contributed by atoms with Crippen LogP contribution in [0.3, 0.4) is 0 Å². The summed E-state index contributed by atoms with van der Waals surface area (Å²) in [5.41, 5.74) is 2.19. The van der Waals surface area contributed by atoms with Gasteiger partial charge in [0.05, 0.1) is 17.1 Å². The van der Waals surface area contributed by atoms with Gasteiger partial charge in [0.15, 0.2) is 0 Å². The van der Waals surface area contributed by atoms with Crippen molar-refractivity contribution < 1.29 is 4.79 Å². The predicted molar refractivity (Wildman–Crippen MR) is 92.7 cm³/mol. The molecule has 0 aliphatic rings. The Morgan fingerprint density at radius 2 is 2.00 bits per heavy atom. The summed E-state index contributed by atoms with van der Waals surface area (Å²) in [4.78, 5) is 16.2. The maximum absolute atomic E-state index is 12.3. The SMILES string of the molecule is O=C(Nc1ccc(Cn2cncn2)cc1)c1cc(Br)ccc1Cl. The molecule has 3 aromatic rings. The first-order valence-corrected chi connectivity index (χ1v) is 7.97. The number of carbonyl (C=O) groups is 1. The molecule has 0 bridgehead atoms. The number of halogens is 2. The Labute approximate surface area is 146 Å². The van der Waals surface area contributed by atoms with E-state index in [0.717, 1.165) is 10.0 Å². The summed E-state index contributed by atoms with van der Waals surface area (Å²) < 4.78 is 2.53. The molecule has 0 saturated carbocycles. The second kappa shape index (κ2) is 6.93. The highest BCUT2D eigenvalue weighted by molar-refractivity contribution is 9.10. The van der Waals surface area contributed by atoms with E-state index in [-0.39, 0.29) is 5.91 Å². The van der Waals surface area contributed by atoms with Crippen molar-refractivity contribution in [3.63, 3.8) is 0 Å². The third-order valence-corrected chi connectivity index (χ3v) is 4.02. The zero-order chi connectivity index (χ0) is 16.2. The van der Waals surface area contributed by atoms with E-state index in [9.17, 15) is 4.79 Å². The van der Waals surface area contributed by atoms with Gasteiger partial charge in [0.1, 0.15) is 12.7 Å². The Hall–Kier alpha value is -2.18. The van der Waals surface area contributed by atoms with Crippen LogP contribution in [0.1, 0.15) is 15.9 Å². The molecule has 0 fully saturated rings. The molecule has 1 heterocycles. The first-order chi connectivity index (χ1) is 11.1. The monoisotopic (exact) mass is 390 g/mol. The summed E-state index contributed by atoms with van der Waals surface area (Å²) in [6.45, 7) is 0.631. The van der Waals surface area contributed by atoms with Gasteiger partial charge >= 0.3 is 0 Å². The fourth-order valence-corrected chi connectivity index (χ4v) is 2.63. The summed E-state index contributed by atoms with van der Waals surface area (Å²) in [6.07, 6.45) is 3.15. The zero-order valence-corrected chi connectivity index (χ0v) is 14.3. The first-order valence-electron chi connectivity index (χ1n) is 6.79. The van der Waals surface area contributed by atoms with E-state index in [2.05, 4.69) is 31.3 Å². The van der Waals surface area contributed by atoms with Gasteiger partial charge in [-0.1, -0.05) is 39.7 Å². The molecule has 0 spiro atoms. The summed E-state index contributed by atoms with van der Waals surface area (Å²) in [7, 11) is 0. The normalized spacial score (nSPS) is 10.5. The largest absolute Gasteiger partial charge is 0.322 e. The minimum atomic E-state index is -0.250. The molecule has 116 valence electrons. The van der Waals surface area contributed by atoms with Crippen molar-refractivity contribution in [2.45, 2.75) is 6.54 Å². The van der Waals surface area contributed by atoms with E-state index in [4.69, 9.17) is 11.6 Å². The van der Waals surface area contributed by atoms with E-state index in [0.29, 0.717) is 22.8 Å². The van der Waals surface area contributed by atoms with Crippen LogP contribution in [0.15, 0.2) is 59.6 Å². The van der Waals surface area contributed by atoms with Gasteiger partial charge < -0.3 is 5.32 Å². The molecule has 0 saturated heterocycles. The third-order valence-electron chi connectivity index (χ3n) is 3.20. The number of aromatic nitrogens is 3. The average molecular weight is 392 g/mol. The van der Waals surface area contributed by atoms with Crippen molar-refractivity contribution in [3.05, 3.63) is 75.7 Å². The fourth-order valence-electron chi connectivity index (χ4n) is 2.06. The third kappa shape index (κ3) is 3.97. The highest BCUT2D eigenvalue weighted by Crippen LogP contribution is 2.22. The second-order valence-corrected chi connectivity index (χ2v) is 6.19. The minimum Gasteiger partial charge on any atom is -0.322 e. The molecule has 5 nitrogen and oxygen atoms in total. The molecular weight excluding hydrogens is 380 g/mol. The highest BCUT2D eigenvalue weighted by atomic mass is 79.9. The van der Waals surface area contributed by atoms with Crippen molar-refractivity contribution in [1.82, 2.24) is 14.8 Å². The molecule has 2 aromatic carbocycles. The summed E-state index contributed by atoms with van der Waals surface area (Å²) >= 11 is 9.40. The van der Waals surface area contributed by atoms with Gasteiger partial charge in [0.2, 0.25) is 0 Å². The van der Waals surface area contributed by atoms with Gasteiger partial charge in [-0.3, -0.25) is 4.79 Å². The van der Waals surface area contributed by atoms with Crippen LogP contribution >= 0.6 is 27.5 Å². The van der Waals surface area contributed by atoms with Crippen LogP contribution in [0.4, 0.5) is 5.69 Å². The lowest BCUT2D eigenvalue weighted by molar-refractivity contribution is 0.102. The van der Waals surface area contributed by atoms with Crippen LogP contribution < -0.4 is 5.32 Å². The summed E-state index contributed by atoms with van der Waals surface area (Å²) in [6, 6.07) is 12.7. The standard InChI is InChI=1S/C16H12BrClN4O/c17-12-3-6-15(18)14(7-12)16(23)21-13-4-1-11(2-5-13)8-22-10-19-9-20-22/h1-7,9-10H,8H2,(H,21,23). The Balaban J connectivity index is 1.70. The van der Waals surface area contributed by atoms with Gasteiger partial charge in [-0.15, -0.1) is 0 Å². The number of rotatable bonds is 4. The molecule has 1 amide bonds. The molecule has 1 N–H and O–H groups in total. The van der Waals surface area contributed by atoms with Crippen LogP contribution in [0, 0.1) is 0 Å². The quantitative estimate of drug-likeness (QED) is 0.731. The molecule has 0 aliphatic carbocycles. The van der Waals surface area contributed by atoms with Gasteiger partial charge in [-0.25, -0.2) is 9.67 Å². The molecule has 0 aliphatic heterocycles. The molecule has 1 aromatic heterocycles. The highest BCUT2D eigenvalue weighted by Gasteiger charge is 2.11. The van der Waals surface area contributed by atoms with Crippen molar-refractivity contribution in [2.75, 3.05) is 5.32 Å². The zero-order valence-electron chi connectivity index (χ0n) is 11.9. The number of nitrogens with one attached hydrogen (secondary N) is 1. The van der Waals surface area contributed by atoms with Crippen molar-refractivity contribution in [2.24, 2.45) is 0 Å². The number of amides is 1. The maximum atomic E-state index is 12.3. The number of hydrogen-bond donors (Lipinski definition) is 1. The van der Waals surface area contributed by atoms with Crippen LogP contribution in [0.25, 0.3) is 0 Å². The van der Waals surface area contributed by atoms with Crippen LogP contribution in [-0.2, 0) is 6.54 Å². The van der Waals surface area contributed by atoms with Gasteiger partial charge in [-0.05, 0) is 35.9 Å². The van der Waals surface area contributed by atoms with Crippen LogP contribution in [0.5, 0.6) is 0 Å². The van der Waals surface area contributed by atoms with Gasteiger partial charge in [0.25, 0.3) is 5.91 Å². The number of carbonyl (C=O) groups excluding carboxylic acids is 1. The van der Waals surface area contributed by atoms with Crippen molar-refractivity contribution in [1.29, 1.82) is 0 Å². The topological polar surface area (TPSA) is 59.8 Å².